The predicted molar refractivity (Wildman–Crippen MR) is 52.3 cm³/mol. The van der Waals surface area contributed by atoms with Crippen LogP contribution in [0.4, 0.5) is 0 Å². The summed E-state index contributed by atoms with van der Waals surface area (Å²) in [6, 6.07) is 0. The minimum Gasteiger partial charge on any atom is -0.390 e. The Kier molecular flexibility index (Phi) is 3.09. The van der Waals surface area contributed by atoms with Gasteiger partial charge in [0.1, 0.15) is 0 Å². The van der Waals surface area contributed by atoms with E-state index in [2.05, 4.69) is 9.84 Å². The van der Waals surface area contributed by atoms with Crippen LogP contribution in [0, 0.1) is 11.8 Å². The molecule has 2 fully saturated rings. The van der Waals surface area contributed by atoms with E-state index in [0.717, 1.165) is 0 Å². The van der Waals surface area contributed by atoms with Gasteiger partial charge >= 0.3 is 7.82 Å². The van der Waals surface area contributed by atoms with Gasteiger partial charge in [-0.05, 0) is 12.8 Å². The van der Waals surface area contributed by atoms with Crippen LogP contribution in [0.25, 0.3) is 0 Å². The Morgan fingerprint density at radius 2 is 1.71 bits per heavy atom. The summed E-state index contributed by atoms with van der Waals surface area (Å²) < 4.78 is 15.1. The van der Waals surface area contributed by atoms with Crippen molar-refractivity contribution >= 4 is 19.6 Å². The molecule has 1 heterocycles. The first-order chi connectivity index (χ1) is 7.78. The smallest absolute Gasteiger partial charge is 0.390 e. The zero-order chi connectivity index (χ0) is 12.8. The number of carbonyl (C=O) groups is 2. The first-order valence-corrected chi connectivity index (χ1v) is 6.57. The van der Waals surface area contributed by atoms with Crippen LogP contribution in [0.3, 0.4) is 0 Å². The van der Waals surface area contributed by atoms with Crippen LogP contribution < -0.4 is 5.32 Å². The lowest BCUT2D eigenvalue weighted by atomic mass is 9.78. The summed E-state index contributed by atoms with van der Waals surface area (Å²) in [4.78, 5) is 40.0. The molecule has 96 valence electrons. The number of rotatable bonds is 2. The second-order valence-corrected chi connectivity index (χ2v) is 5.43. The van der Waals surface area contributed by atoms with Crippen molar-refractivity contribution in [2.24, 2.45) is 11.8 Å². The number of hydrogen-bond acceptors (Lipinski definition) is 5. The third-order valence-corrected chi connectivity index (χ3v) is 3.63. The number of hydrogen-bond donors (Lipinski definition) is 4. The van der Waals surface area contributed by atoms with Crippen molar-refractivity contribution in [3.05, 3.63) is 0 Å². The molecule has 1 saturated heterocycles. The van der Waals surface area contributed by atoms with Crippen molar-refractivity contribution in [2.45, 2.75) is 25.0 Å². The molecule has 0 spiro atoms. The normalized spacial score (nSPS) is 37.8. The summed E-state index contributed by atoms with van der Waals surface area (Å²) in [5, 5.41) is 11.7. The zero-order valence-corrected chi connectivity index (χ0v) is 9.54. The van der Waals surface area contributed by atoms with E-state index in [1.807, 2.05) is 0 Å². The maximum Gasteiger partial charge on any atom is 0.469 e. The number of imide groups is 1. The van der Waals surface area contributed by atoms with E-state index >= 15 is 0 Å². The molecule has 0 aromatic heterocycles. The monoisotopic (exact) mass is 265 g/mol. The van der Waals surface area contributed by atoms with E-state index < -0.39 is 43.7 Å². The Balaban J connectivity index is 2.12. The number of carbonyl (C=O) groups excluding carboxylic acids is 2. The van der Waals surface area contributed by atoms with Crippen molar-refractivity contribution in [1.29, 1.82) is 0 Å². The highest BCUT2D eigenvalue weighted by atomic mass is 31.2. The van der Waals surface area contributed by atoms with Gasteiger partial charge in [-0.1, -0.05) is 0 Å². The summed E-state index contributed by atoms with van der Waals surface area (Å²) >= 11 is 0. The highest BCUT2D eigenvalue weighted by Gasteiger charge is 2.49. The van der Waals surface area contributed by atoms with Gasteiger partial charge in [-0.15, -0.1) is 0 Å². The summed E-state index contributed by atoms with van der Waals surface area (Å²) in [5.74, 6) is -2.24. The molecule has 0 aromatic rings. The van der Waals surface area contributed by atoms with Crippen LogP contribution >= 0.6 is 7.82 Å². The lowest BCUT2D eigenvalue weighted by molar-refractivity contribution is -0.127. The second-order valence-electron chi connectivity index (χ2n) is 4.24. The molecule has 4 N–H and O–H groups in total. The van der Waals surface area contributed by atoms with Crippen LogP contribution in [-0.2, 0) is 18.7 Å². The summed E-state index contributed by atoms with van der Waals surface area (Å²) in [7, 11) is -4.72. The molecule has 4 unspecified atom stereocenters. The fraction of sp³-hybridized carbons (Fsp3) is 0.750. The Labute approximate surface area is 96.2 Å². The number of aliphatic hydroxyl groups excluding tert-OH is 1. The Bertz CT molecular complexity index is 405. The van der Waals surface area contributed by atoms with Crippen molar-refractivity contribution in [2.75, 3.05) is 0 Å². The quantitative estimate of drug-likeness (QED) is 0.353. The van der Waals surface area contributed by atoms with Crippen molar-refractivity contribution in [3.63, 3.8) is 0 Å². The number of amides is 2. The fourth-order valence-corrected chi connectivity index (χ4v) is 2.90. The summed E-state index contributed by atoms with van der Waals surface area (Å²) in [5.41, 5.74) is 0. The number of nitrogens with one attached hydrogen (secondary N) is 1. The molecule has 0 radical (unpaired) electrons. The Morgan fingerprint density at radius 3 is 2.24 bits per heavy atom. The number of phosphoric ester groups is 1. The van der Waals surface area contributed by atoms with E-state index in [9.17, 15) is 19.3 Å². The SMILES string of the molecule is O=C1NC(=O)C2CC(OP(=O)(O)O)C(O)CC12. The summed E-state index contributed by atoms with van der Waals surface area (Å²) in [6.07, 6.45) is -2.41. The first-order valence-electron chi connectivity index (χ1n) is 5.04. The maximum absolute atomic E-state index is 11.4. The fourth-order valence-electron chi connectivity index (χ4n) is 2.32. The van der Waals surface area contributed by atoms with Crippen LogP contribution in [0.2, 0.25) is 0 Å². The zero-order valence-electron chi connectivity index (χ0n) is 8.65. The minimum absolute atomic E-state index is 0.0348. The molecule has 1 saturated carbocycles. The number of fused-ring (bicyclic) bond motifs is 1. The highest BCUT2D eigenvalue weighted by Crippen LogP contribution is 2.44. The molecule has 2 rings (SSSR count). The Hall–Kier alpha value is -0.790. The predicted octanol–water partition coefficient (Wildman–Crippen LogP) is -1.49. The van der Waals surface area contributed by atoms with Crippen LogP contribution in [0.5, 0.6) is 0 Å². The van der Waals surface area contributed by atoms with E-state index in [0.29, 0.717) is 0 Å². The molecular weight excluding hydrogens is 253 g/mol. The van der Waals surface area contributed by atoms with Gasteiger partial charge in [-0.3, -0.25) is 19.4 Å². The first kappa shape index (κ1) is 12.7. The van der Waals surface area contributed by atoms with Gasteiger partial charge in [0, 0.05) is 0 Å². The van der Waals surface area contributed by atoms with E-state index in [1.165, 1.54) is 0 Å². The Morgan fingerprint density at radius 1 is 1.18 bits per heavy atom. The molecule has 8 nitrogen and oxygen atoms in total. The van der Waals surface area contributed by atoms with E-state index in [1.54, 1.807) is 0 Å². The van der Waals surface area contributed by atoms with E-state index in [-0.39, 0.29) is 12.8 Å². The van der Waals surface area contributed by atoms with Gasteiger partial charge in [0.15, 0.2) is 0 Å². The van der Waals surface area contributed by atoms with Crippen molar-refractivity contribution in [3.8, 4) is 0 Å². The molecule has 1 aliphatic carbocycles. The van der Waals surface area contributed by atoms with Crippen LogP contribution in [-0.4, -0.2) is 38.9 Å². The molecule has 17 heavy (non-hydrogen) atoms. The van der Waals surface area contributed by atoms with E-state index in [4.69, 9.17) is 9.79 Å². The maximum atomic E-state index is 11.4. The molecule has 9 heteroatoms. The van der Waals surface area contributed by atoms with Crippen molar-refractivity contribution in [1.82, 2.24) is 5.32 Å². The number of aliphatic hydroxyl groups is 1. The molecule has 4 atom stereocenters. The molecule has 2 aliphatic rings. The topological polar surface area (TPSA) is 133 Å². The van der Waals surface area contributed by atoms with Crippen LogP contribution in [0.15, 0.2) is 0 Å². The van der Waals surface area contributed by atoms with Crippen LogP contribution in [0.1, 0.15) is 12.8 Å². The van der Waals surface area contributed by atoms with Crippen molar-refractivity contribution < 1.29 is 33.6 Å². The lowest BCUT2D eigenvalue weighted by Crippen LogP contribution is -2.41. The third kappa shape index (κ3) is 2.56. The minimum atomic E-state index is -4.72. The van der Waals surface area contributed by atoms with Gasteiger partial charge in [-0.25, -0.2) is 4.57 Å². The summed E-state index contributed by atoms with van der Waals surface area (Å²) in [6.45, 7) is 0. The van der Waals surface area contributed by atoms with Gasteiger partial charge in [0.05, 0.1) is 24.0 Å². The molecular formula is C8H12NO7P. The van der Waals surface area contributed by atoms with Gasteiger partial charge in [0.2, 0.25) is 11.8 Å². The molecule has 0 bridgehead atoms. The molecule has 0 aromatic carbocycles. The van der Waals surface area contributed by atoms with Gasteiger partial charge < -0.3 is 14.9 Å². The highest BCUT2D eigenvalue weighted by molar-refractivity contribution is 7.46. The third-order valence-electron chi connectivity index (χ3n) is 3.09. The number of phosphoric acid groups is 1. The average molecular weight is 265 g/mol. The largest absolute Gasteiger partial charge is 0.469 e. The standard InChI is InChI=1S/C8H12NO7P/c10-5-1-3-4(8(12)9-7(3)11)2-6(5)16-17(13,14)15/h3-6,10H,1-2H2,(H,9,11,12)(H2,13,14,15). The van der Waals surface area contributed by atoms with Gasteiger partial charge in [0.25, 0.3) is 0 Å². The molecule has 2 amide bonds. The average Bonchev–Trinajstić information content (AvgIpc) is 2.42. The van der Waals surface area contributed by atoms with Gasteiger partial charge in [-0.2, -0.15) is 0 Å². The molecule has 1 aliphatic heterocycles. The second kappa shape index (κ2) is 4.15. The lowest BCUT2D eigenvalue weighted by Gasteiger charge is -2.32.